The van der Waals surface area contributed by atoms with Crippen molar-refractivity contribution in [3.63, 3.8) is 0 Å². The van der Waals surface area contributed by atoms with E-state index in [4.69, 9.17) is 4.42 Å². The summed E-state index contributed by atoms with van der Waals surface area (Å²) in [6.07, 6.45) is 1.18. The van der Waals surface area contributed by atoms with E-state index in [1.807, 2.05) is 19.2 Å². The van der Waals surface area contributed by atoms with Crippen molar-refractivity contribution in [1.29, 1.82) is 0 Å². The van der Waals surface area contributed by atoms with Crippen molar-refractivity contribution in [2.45, 2.75) is 25.9 Å². The molecule has 0 saturated carbocycles. The van der Waals surface area contributed by atoms with Gasteiger partial charge in [-0.15, -0.1) is 10.2 Å². The quantitative estimate of drug-likeness (QED) is 0.920. The molecule has 0 aliphatic carbocycles. The van der Waals surface area contributed by atoms with Crippen LogP contribution in [0.5, 0.6) is 0 Å². The molecular formula is C15H20N4O. The Morgan fingerprint density at radius 3 is 3.05 bits per heavy atom. The molecule has 106 valence electrons. The second-order valence-corrected chi connectivity index (χ2v) is 5.38. The van der Waals surface area contributed by atoms with E-state index in [1.165, 1.54) is 12.0 Å². The van der Waals surface area contributed by atoms with Crippen LogP contribution in [0.25, 0.3) is 11.5 Å². The Morgan fingerprint density at radius 1 is 1.40 bits per heavy atom. The average molecular weight is 272 g/mol. The Hall–Kier alpha value is -1.72. The van der Waals surface area contributed by atoms with Gasteiger partial charge in [-0.25, -0.2) is 0 Å². The van der Waals surface area contributed by atoms with Crippen LogP contribution in [0.2, 0.25) is 0 Å². The third-order valence-electron chi connectivity index (χ3n) is 3.77. The molecule has 1 aliphatic rings. The zero-order valence-electron chi connectivity index (χ0n) is 12.0. The molecule has 1 aromatic carbocycles. The van der Waals surface area contributed by atoms with Crippen molar-refractivity contribution in [3.8, 4) is 11.5 Å². The molecular weight excluding hydrogens is 252 g/mol. The molecule has 5 nitrogen and oxygen atoms in total. The van der Waals surface area contributed by atoms with Gasteiger partial charge in [-0.05, 0) is 32.5 Å². The smallest absolute Gasteiger partial charge is 0.247 e. The van der Waals surface area contributed by atoms with Gasteiger partial charge >= 0.3 is 0 Å². The SMILES string of the molecule is CNC1CCN(Cc2nnc(-c3cccc(C)c3)o2)C1. The molecule has 1 atom stereocenters. The monoisotopic (exact) mass is 272 g/mol. The van der Waals surface area contributed by atoms with Gasteiger partial charge in [0.25, 0.3) is 0 Å². The van der Waals surface area contributed by atoms with E-state index in [0.717, 1.165) is 25.2 Å². The summed E-state index contributed by atoms with van der Waals surface area (Å²) in [4.78, 5) is 2.34. The molecule has 3 rings (SSSR count). The summed E-state index contributed by atoms with van der Waals surface area (Å²) < 4.78 is 5.77. The summed E-state index contributed by atoms with van der Waals surface area (Å²) in [5, 5.41) is 11.6. The first kappa shape index (κ1) is 13.3. The highest BCUT2D eigenvalue weighted by molar-refractivity contribution is 5.53. The summed E-state index contributed by atoms with van der Waals surface area (Å²) in [6.45, 7) is 4.91. The van der Waals surface area contributed by atoms with Gasteiger partial charge in [0.1, 0.15) is 0 Å². The number of hydrogen-bond acceptors (Lipinski definition) is 5. The van der Waals surface area contributed by atoms with E-state index in [-0.39, 0.29) is 0 Å². The first-order chi connectivity index (χ1) is 9.74. The van der Waals surface area contributed by atoms with Gasteiger partial charge in [0.05, 0.1) is 6.54 Å². The lowest BCUT2D eigenvalue weighted by atomic mass is 10.1. The molecule has 5 heteroatoms. The lowest BCUT2D eigenvalue weighted by molar-refractivity contribution is 0.286. The van der Waals surface area contributed by atoms with Gasteiger partial charge in [0, 0.05) is 24.7 Å². The lowest BCUT2D eigenvalue weighted by Crippen LogP contribution is -2.29. The van der Waals surface area contributed by atoms with E-state index in [9.17, 15) is 0 Å². The topological polar surface area (TPSA) is 54.2 Å². The van der Waals surface area contributed by atoms with Gasteiger partial charge < -0.3 is 9.73 Å². The molecule has 0 spiro atoms. The van der Waals surface area contributed by atoms with Gasteiger partial charge in [-0.1, -0.05) is 17.7 Å². The second kappa shape index (κ2) is 5.73. The number of aryl methyl sites for hydroxylation is 1. The van der Waals surface area contributed by atoms with Crippen LogP contribution in [0.4, 0.5) is 0 Å². The van der Waals surface area contributed by atoms with Crippen LogP contribution in [0.15, 0.2) is 28.7 Å². The number of likely N-dealkylation sites (N-methyl/N-ethyl adjacent to an activating group) is 1. The summed E-state index contributed by atoms with van der Waals surface area (Å²) in [6, 6.07) is 8.70. The molecule has 1 N–H and O–H groups in total. The maximum Gasteiger partial charge on any atom is 0.247 e. The standard InChI is InChI=1S/C15H20N4O/c1-11-4-3-5-12(8-11)15-18-17-14(20-15)10-19-7-6-13(9-19)16-2/h3-5,8,13,16H,6-7,9-10H2,1-2H3. The Kier molecular flexibility index (Phi) is 3.80. The fourth-order valence-electron chi connectivity index (χ4n) is 2.62. The lowest BCUT2D eigenvalue weighted by Gasteiger charge is -2.12. The number of rotatable bonds is 4. The maximum atomic E-state index is 5.77. The van der Waals surface area contributed by atoms with Gasteiger partial charge in [-0.3, -0.25) is 4.90 Å². The van der Waals surface area contributed by atoms with Crippen molar-refractivity contribution in [2.24, 2.45) is 0 Å². The number of hydrogen-bond donors (Lipinski definition) is 1. The van der Waals surface area contributed by atoms with Crippen molar-refractivity contribution in [2.75, 3.05) is 20.1 Å². The number of aromatic nitrogens is 2. The highest BCUT2D eigenvalue weighted by Crippen LogP contribution is 2.20. The fourth-order valence-corrected chi connectivity index (χ4v) is 2.62. The Labute approximate surface area is 119 Å². The Bertz CT molecular complexity index is 581. The molecule has 1 fully saturated rings. The third kappa shape index (κ3) is 2.89. The van der Waals surface area contributed by atoms with Crippen molar-refractivity contribution < 1.29 is 4.42 Å². The molecule has 0 bridgehead atoms. The molecule has 1 unspecified atom stereocenters. The maximum absolute atomic E-state index is 5.77. The average Bonchev–Trinajstić information content (AvgIpc) is 3.08. The molecule has 1 aromatic heterocycles. The molecule has 20 heavy (non-hydrogen) atoms. The largest absolute Gasteiger partial charge is 0.419 e. The summed E-state index contributed by atoms with van der Waals surface area (Å²) in [7, 11) is 2.01. The van der Waals surface area contributed by atoms with Crippen molar-refractivity contribution in [1.82, 2.24) is 20.4 Å². The van der Waals surface area contributed by atoms with Crippen LogP contribution in [-0.4, -0.2) is 41.3 Å². The summed E-state index contributed by atoms with van der Waals surface area (Å²) >= 11 is 0. The summed E-state index contributed by atoms with van der Waals surface area (Å²) in [5.41, 5.74) is 2.18. The van der Waals surface area contributed by atoms with E-state index >= 15 is 0 Å². The van der Waals surface area contributed by atoms with Crippen LogP contribution in [0, 0.1) is 6.92 Å². The van der Waals surface area contributed by atoms with Crippen molar-refractivity contribution in [3.05, 3.63) is 35.7 Å². The molecule has 0 radical (unpaired) electrons. The first-order valence-electron chi connectivity index (χ1n) is 7.03. The molecule has 2 aromatic rings. The molecule has 2 heterocycles. The normalized spacial score (nSPS) is 19.6. The van der Waals surface area contributed by atoms with Gasteiger partial charge in [0.15, 0.2) is 0 Å². The van der Waals surface area contributed by atoms with Gasteiger partial charge in [-0.2, -0.15) is 0 Å². The predicted octanol–water partition coefficient (Wildman–Crippen LogP) is 1.84. The molecule has 0 amide bonds. The van der Waals surface area contributed by atoms with Crippen LogP contribution < -0.4 is 5.32 Å². The third-order valence-corrected chi connectivity index (χ3v) is 3.77. The highest BCUT2D eigenvalue weighted by Gasteiger charge is 2.22. The van der Waals surface area contributed by atoms with Crippen molar-refractivity contribution >= 4 is 0 Å². The van der Waals surface area contributed by atoms with E-state index in [0.29, 0.717) is 17.8 Å². The van der Waals surface area contributed by atoms with E-state index in [2.05, 4.69) is 39.5 Å². The fraction of sp³-hybridized carbons (Fsp3) is 0.467. The second-order valence-electron chi connectivity index (χ2n) is 5.38. The predicted molar refractivity (Wildman–Crippen MR) is 77.2 cm³/mol. The summed E-state index contributed by atoms with van der Waals surface area (Å²) in [5.74, 6) is 1.30. The number of nitrogens with one attached hydrogen (secondary N) is 1. The minimum absolute atomic E-state index is 0.578. The minimum Gasteiger partial charge on any atom is -0.419 e. The Balaban J connectivity index is 1.68. The molecule has 1 aliphatic heterocycles. The van der Waals surface area contributed by atoms with Crippen LogP contribution >= 0.6 is 0 Å². The van der Waals surface area contributed by atoms with Crippen LogP contribution in [0.3, 0.4) is 0 Å². The van der Waals surface area contributed by atoms with E-state index in [1.54, 1.807) is 0 Å². The van der Waals surface area contributed by atoms with E-state index < -0.39 is 0 Å². The number of benzene rings is 1. The Morgan fingerprint density at radius 2 is 2.30 bits per heavy atom. The minimum atomic E-state index is 0.578. The zero-order valence-corrected chi connectivity index (χ0v) is 12.0. The van der Waals surface area contributed by atoms with Gasteiger partial charge in [0.2, 0.25) is 11.8 Å². The number of nitrogens with zero attached hydrogens (tertiary/aromatic N) is 3. The van der Waals surface area contributed by atoms with Crippen LogP contribution in [-0.2, 0) is 6.54 Å². The zero-order chi connectivity index (χ0) is 13.9. The first-order valence-corrected chi connectivity index (χ1v) is 7.03. The number of likely N-dealkylation sites (tertiary alicyclic amines) is 1. The molecule has 1 saturated heterocycles. The highest BCUT2D eigenvalue weighted by atomic mass is 16.4. The van der Waals surface area contributed by atoms with Crippen LogP contribution in [0.1, 0.15) is 17.9 Å².